The van der Waals surface area contributed by atoms with Gasteiger partial charge in [-0.3, -0.25) is 0 Å². The lowest BCUT2D eigenvalue weighted by atomic mass is 9.99. The second-order valence-corrected chi connectivity index (χ2v) is 8.20. The first-order chi connectivity index (χ1) is 9.71. The van der Waals surface area contributed by atoms with Crippen LogP contribution >= 0.6 is 0 Å². The summed E-state index contributed by atoms with van der Waals surface area (Å²) in [6.07, 6.45) is 0.660. The van der Waals surface area contributed by atoms with Gasteiger partial charge in [-0.15, -0.1) is 0 Å². The van der Waals surface area contributed by atoms with E-state index in [1.165, 1.54) is 5.56 Å². The van der Waals surface area contributed by atoms with Gasteiger partial charge in [0, 0.05) is 12.6 Å². The highest BCUT2D eigenvalue weighted by Gasteiger charge is 2.14. The molecule has 0 fully saturated rings. The second kappa shape index (κ2) is 7.92. The fourth-order valence-electron chi connectivity index (χ4n) is 1.93. The first-order valence-electron chi connectivity index (χ1n) is 7.54. The van der Waals surface area contributed by atoms with Crippen molar-refractivity contribution in [2.24, 2.45) is 11.7 Å². The third-order valence-corrected chi connectivity index (χ3v) is 4.90. The van der Waals surface area contributed by atoms with Crippen molar-refractivity contribution in [2.75, 3.05) is 12.3 Å². The molecule has 1 atom stereocenters. The Morgan fingerprint density at radius 1 is 1.05 bits per heavy atom. The number of benzene rings is 1. The molecule has 0 bridgehead atoms. The molecule has 5 heteroatoms. The fraction of sp³-hybridized carbons (Fsp3) is 0.625. The predicted octanol–water partition coefficient (Wildman–Crippen LogP) is 2.78. The number of nitrogens with two attached hydrogens (primary N) is 1. The van der Waals surface area contributed by atoms with Crippen LogP contribution < -0.4 is 10.5 Å². The van der Waals surface area contributed by atoms with Gasteiger partial charge in [-0.2, -0.15) is 0 Å². The lowest BCUT2D eigenvalue weighted by molar-refractivity contribution is 0.555. The molecular formula is C16H28N2O2S. The van der Waals surface area contributed by atoms with Gasteiger partial charge in [0.05, 0.1) is 5.75 Å². The monoisotopic (exact) mass is 312 g/mol. The molecule has 0 aliphatic rings. The van der Waals surface area contributed by atoms with Crippen LogP contribution in [0.5, 0.6) is 0 Å². The fourth-order valence-corrected chi connectivity index (χ4v) is 3.29. The molecular weight excluding hydrogens is 284 g/mol. The molecule has 0 aliphatic heterocycles. The van der Waals surface area contributed by atoms with Crippen LogP contribution in [0.1, 0.15) is 57.2 Å². The van der Waals surface area contributed by atoms with Gasteiger partial charge in [0.15, 0.2) is 0 Å². The van der Waals surface area contributed by atoms with Crippen molar-refractivity contribution < 1.29 is 8.42 Å². The zero-order chi connectivity index (χ0) is 16.0. The van der Waals surface area contributed by atoms with Gasteiger partial charge in [0.25, 0.3) is 0 Å². The van der Waals surface area contributed by atoms with Gasteiger partial charge >= 0.3 is 0 Å². The summed E-state index contributed by atoms with van der Waals surface area (Å²) in [4.78, 5) is 0. The molecule has 0 aliphatic carbocycles. The van der Waals surface area contributed by atoms with Crippen LogP contribution in [-0.2, 0) is 10.0 Å². The summed E-state index contributed by atoms with van der Waals surface area (Å²) in [5.41, 5.74) is 8.26. The van der Waals surface area contributed by atoms with Crippen molar-refractivity contribution in [3.05, 3.63) is 35.4 Å². The van der Waals surface area contributed by atoms with E-state index in [2.05, 4.69) is 18.6 Å². The van der Waals surface area contributed by atoms with Crippen molar-refractivity contribution >= 4 is 10.0 Å². The van der Waals surface area contributed by atoms with E-state index in [1.807, 2.05) is 38.1 Å². The van der Waals surface area contributed by atoms with Crippen molar-refractivity contribution in [3.8, 4) is 0 Å². The maximum absolute atomic E-state index is 11.8. The van der Waals surface area contributed by atoms with E-state index in [0.29, 0.717) is 18.3 Å². The number of hydrogen-bond donors (Lipinski definition) is 2. The Hall–Kier alpha value is -0.910. The van der Waals surface area contributed by atoms with Crippen molar-refractivity contribution in [1.29, 1.82) is 0 Å². The lowest BCUT2D eigenvalue weighted by Gasteiger charge is -2.15. The zero-order valence-electron chi connectivity index (χ0n) is 13.5. The highest BCUT2D eigenvalue weighted by atomic mass is 32.2. The van der Waals surface area contributed by atoms with Crippen LogP contribution in [0.3, 0.4) is 0 Å². The molecule has 21 heavy (non-hydrogen) atoms. The normalized spacial score (nSPS) is 13.9. The first kappa shape index (κ1) is 18.1. The zero-order valence-corrected chi connectivity index (χ0v) is 14.3. The Kier molecular flexibility index (Phi) is 6.84. The summed E-state index contributed by atoms with van der Waals surface area (Å²) in [6, 6.07) is 7.73. The topological polar surface area (TPSA) is 72.2 Å². The van der Waals surface area contributed by atoms with E-state index in [9.17, 15) is 8.42 Å². The molecule has 0 radical (unpaired) electrons. The van der Waals surface area contributed by atoms with E-state index < -0.39 is 10.0 Å². The second-order valence-electron chi connectivity index (χ2n) is 6.28. The van der Waals surface area contributed by atoms with Crippen molar-refractivity contribution in [2.45, 2.75) is 46.1 Å². The Balaban J connectivity index is 2.55. The Bertz CT molecular complexity index is 522. The number of sulfonamides is 1. The number of rotatable bonds is 8. The van der Waals surface area contributed by atoms with Gasteiger partial charge in [-0.25, -0.2) is 13.1 Å². The van der Waals surface area contributed by atoms with Crippen LogP contribution in [0, 0.1) is 5.92 Å². The average molecular weight is 312 g/mol. The van der Waals surface area contributed by atoms with E-state index in [4.69, 9.17) is 5.73 Å². The maximum Gasteiger partial charge on any atom is 0.211 e. The molecule has 1 aromatic carbocycles. The van der Waals surface area contributed by atoms with Gasteiger partial charge in [-0.05, 0) is 29.4 Å². The van der Waals surface area contributed by atoms with Crippen LogP contribution in [0.15, 0.2) is 24.3 Å². The average Bonchev–Trinajstić information content (AvgIpc) is 2.43. The van der Waals surface area contributed by atoms with E-state index >= 15 is 0 Å². The van der Waals surface area contributed by atoms with Crippen LogP contribution in [0.4, 0.5) is 0 Å². The molecule has 1 unspecified atom stereocenters. The largest absolute Gasteiger partial charge is 0.323 e. The SMILES string of the molecule is CC(C)CCS(=O)(=O)NCC(N)c1ccc(C(C)C)cc1. The number of hydrogen-bond acceptors (Lipinski definition) is 3. The molecule has 0 saturated carbocycles. The van der Waals surface area contributed by atoms with Crippen LogP contribution in [0.25, 0.3) is 0 Å². The highest BCUT2D eigenvalue weighted by molar-refractivity contribution is 7.89. The lowest BCUT2D eigenvalue weighted by Crippen LogP contribution is -2.33. The van der Waals surface area contributed by atoms with Gasteiger partial charge < -0.3 is 5.73 Å². The van der Waals surface area contributed by atoms with E-state index in [1.54, 1.807) is 0 Å². The third kappa shape index (κ3) is 6.59. The van der Waals surface area contributed by atoms with Crippen LogP contribution in [0.2, 0.25) is 0 Å². The summed E-state index contributed by atoms with van der Waals surface area (Å²) in [7, 11) is -3.23. The molecule has 0 saturated heterocycles. The third-order valence-electron chi connectivity index (χ3n) is 3.52. The van der Waals surface area contributed by atoms with Crippen molar-refractivity contribution in [1.82, 2.24) is 4.72 Å². The Labute approximate surface area is 129 Å². The molecule has 3 N–H and O–H groups in total. The molecule has 0 spiro atoms. The van der Waals surface area contributed by atoms with Gasteiger partial charge in [0.2, 0.25) is 10.0 Å². The molecule has 4 nitrogen and oxygen atoms in total. The van der Waals surface area contributed by atoms with E-state index in [-0.39, 0.29) is 18.3 Å². The maximum atomic E-state index is 11.8. The minimum atomic E-state index is -3.23. The molecule has 1 rings (SSSR count). The predicted molar refractivity (Wildman–Crippen MR) is 88.7 cm³/mol. The minimum Gasteiger partial charge on any atom is -0.323 e. The Morgan fingerprint density at radius 2 is 1.57 bits per heavy atom. The van der Waals surface area contributed by atoms with E-state index in [0.717, 1.165) is 5.56 Å². The summed E-state index contributed by atoms with van der Waals surface area (Å²) < 4.78 is 26.3. The molecule has 120 valence electrons. The summed E-state index contributed by atoms with van der Waals surface area (Å²) in [5, 5.41) is 0. The number of nitrogens with one attached hydrogen (secondary N) is 1. The molecule has 1 aromatic rings. The highest BCUT2D eigenvalue weighted by Crippen LogP contribution is 2.17. The molecule has 0 amide bonds. The van der Waals surface area contributed by atoms with Gasteiger partial charge in [-0.1, -0.05) is 52.0 Å². The molecule has 0 aromatic heterocycles. The summed E-state index contributed by atoms with van der Waals surface area (Å²) >= 11 is 0. The first-order valence-corrected chi connectivity index (χ1v) is 9.19. The van der Waals surface area contributed by atoms with Crippen LogP contribution in [-0.4, -0.2) is 20.7 Å². The smallest absolute Gasteiger partial charge is 0.211 e. The van der Waals surface area contributed by atoms with Crippen molar-refractivity contribution in [3.63, 3.8) is 0 Å². The summed E-state index contributed by atoms with van der Waals surface area (Å²) in [5.74, 6) is 1.01. The molecule has 0 heterocycles. The summed E-state index contributed by atoms with van der Waals surface area (Å²) in [6.45, 7) is 8.53. The Morgan fingerprint density at radius 3 is 2.05 bits per heavy atom. The van der Waals surface area contributed by atoms with Gasteiger partial charge in [0.1, 0.15) is 0 Å². The quantitative estimate of drug-likeness (QED) is 0.775. The minimum absolute atomic E-state index is 0.156. The standard InChI is InChI=1S/C16H28N2O2S/c1-12(2)9-10-21(19,20)18-11-16(17)15-7-5-14(6-8-15)13(3)4/h5-8,12-13,16,18H,9-11,17H2,1-4H3.